The third-order valence-corrected chi connectivity index (χ3v) is 3.48. The molecule has 2 rings (SSSR count). The topological polar surface area (TPSA) is 3.24 Å². The first-order valence-corrected chi connectivity index (χ1v) is 4.89. The molecule has 0 radical (unpaired) electrons. The summed E-state index contributed by atoms with van der Waals surface area (Å²) >= 11 is 1.91. The Morgan fingerprint density at radius 2 is 2.36 bits per heavy atom. The Labute approximate surface area is 71.7 Å². The molecule has 2 heteroatoms. The van der Waals surface area contributed by atoms with Crippen molar-refractivity contribution in [2.75, 3.05) is 13.6 Å². The molecule has 2 heterocycles. The van der Waals surface area contributed by atoms with Gasteiger partial charge in [-0.15, -0.1) is 11.3 Å². The van der Waals surface area contributed by atoms with Crippen LogP contribution in [-0.2, 0) is 13.0 Å². The zero-order chi connectivity index (χ0) is 7.84. The normalized spacial score (nSPS) is 18.4. The molecule has 0 fully saturated rings. The number of hydrogen-bond acceptors (Lipinski definition) is 2. The first-order chi connectivity index (χ1) is 5.27. The summed E-state index contributed by atoms with van der Waals surface area (Å²) in [6.07, 6.45) is 1.25. The molecule has 1 aliphatic heterocycles. The summed E-state index contributed by atoms with van der Waals surface area (Å²) in [5.74, 6) is 0. The van der Waals surface area contributed by atoms with Crippen LogP contribution >= 0.6 is 11.3 Å². The molecule has 60 valence electrons. The minimum absolute atomic E-state index is 1.16. The van der Waals surface area contributed by atoms with Gasteiger partial charge in [-0.25, -0.2) is 0 Å². The van der Waals surface area contributed by atoms with Gasteiger partial charge >= 0.3 is 0 Å². The number of aryl methyl sites for hydroxylation is 1. The van der Waals surface area contributed by atoms with Gasteiger partial charge in [-0.05, 0) is 36.9 Å². The van der Waals surface area contributed by atoms with Crippen LogP contribution in [-0.4, -0.2) is 18.5 Å². The number of rotatable bonds is 0. The zero-order valence-electron chi connectivity index (χ0n) is 7.05. The molecule has 1 aromatic heterocycles. The molecule has 0 N–H and O–H groups in total. The first kappa shape index (κ1) is 7.32. The van der Waals surface area contributed by atoms with Gasteiger partial charge in [0.1, 0.15) is 0 Å². The van der Waals surface area contributed by atoms with E-state index in [1.54, 1.807) is 10.4 Å². The second kappa shape index (κ2) is 2.61. The lowest BCUT2D eigenvalue weighted by atomic mass is 10.1. The lowest BCUT2D eigenvalue weighted by Crippen LogP contribution is -2.25. The Bertz CT molecular complexity index is 265. The fraction of sp³-hybridized carbons (Fsp3) is 0.556. The molecule has 0 spiro atoms. The van der Waals surface area contributed by atoms with Crippen molar-refractivity contribution in [3.8, 4) is 0 Å². The maximum absolute atomic E-state index is 2.39. The molecule has 0 saturated carbocycles. The summed E-state index contributed by atoms with van der Waals surface area (Å²) < 4.78 is 0. The van der Waals surface area contributed by atoms with Gasteiger partial charge in [0.25, 0.3) is 0 Å². The summed E-state index contributed by atoms with van der Waals surface area (Å²) in [4.78, 5) is 3.97. The highest BCUT2D eigenvalue weighted by Gasteiger charge is 2.15. The fourth-order valence-electron chi connectivity index (χ4n) is 1.62. The molecule has 0 unspecified atom stereocenters. The third-order valence-electron chi connectivity index (χ3n) is 2.35. The maximum Gasteiger partial charge on any atom is 0.0327 e. The fourth-order valence-corrected chi connectivity index (χ4v) is 2.78. The second-order valence-corrected chi connectivity index (χ2v) is 4.27. The molecule has 0 bridgehead atoms. The van der Waals surface area contributed by atoms with Crippen molar-refractivity contribution in [2.45, 2.75) is 19.9 Å². The van der Waals surface area contributed by atoms with Crippen LogP contribution in [0.5, 0.6) is 0 Å². The molecular weight excluding hydrogens is 154 g/mol. The summed E-state index contributed by atoms with van der Waals surface area (Å²) in [6, 6.07) is 0. The predicted octanol–water partition coefficient (Wildman–Crippen LogP) is 2.04. The molecule has 11 heavy (non-hydrogen) atoms. The van der Waals surface area contributed by atoms with Crippen LogP contribution < -0.4 is 0 Å². The van der Waals surface area contributed by atoms with Crippen molar-refractivity contribution in [1.82, 2.24) is 4.90 Å². The quantitative estimate of drug-likeness (QED) is 0.571. The Morgan fingerprint density at radius 3 is 3.18 bits per heavy atom. The Hall–Kier alpha value is -0.340. The Kier molecular flexibility index (Phi) is 1.74. The van der Waals surface area contributed by atoms with Crippen molar-refractivity contribution >= 4 is 11.3 Å². The van der Waals surface area contributed by atoms with E-state index in [0.717, 1.165) is 6.54 Å². The SMILES string of the molecule is Cc1csc2c1CCN(C)C2. The van der Waals surface area contributed by atoms with Gasteiger partial charge < -0.3 is 4.90 Å². The van der Waals surface area contributed by atoms with Crippen LogP contribution in [0.3, 0.4) is 0 Å². The van der Waals surface area contributed by atoms with E-state index >= 15 is 0 Å². The van der Waals surface area contributed by atoms with Gasteiger partial charge in [0.2, 0.25) is 0 Å². The average Bonchev–Trinajstić information content (AvgIpc) is 2.32. The minimum atomic E-state index is 1.16. The molecule has 0 saturated heterocycles. The molecule has 0 aliphatic carbocycles. The van der Waals surface area contributed by atoms with Crippen molar-refractivity contribution in [3.05, 3.63) is 21.4 Å². The Morgan fingerprint density at radius 1 is 1.55 bits per heavy atom. The lowest BCUT2D eigenvalue weighted by molar-refractivity contribution is 0.317. The van der Waals surface area contributed by atoms with Crippen molar-refractivity contribution in [2.24, 2.45) is 0 Å². The van der Waals surface area contributed by atoms with Crippen molar-refractivity contribution in [1.29, 1.82) is 0 Å². The summed E-state index contributed by atoms with van der Waals surface area (Å²) in [5, 5.41) is 2.28. The lowest BCUT2D eigenvalue weighted by Gasteiger charge is -2.22. The summed E-state index contributed by atoms with van der Waals surface area (Å²) in [6.45, 7) is 4.61. The molecule has 0 amide bonds. The van der Waals surface area contributed by atoms with E-state index in [-0.39, 0.29) is 0 Å². The van der Waals surface area contributed by atoms with Gasteiger partial charge in [-0.1, -0.05) is 0 Å². The van der Waals surface area contributed by atoms with E-state index < -0.39 is 0 Å². The van der Waals surface area contributed by atoms with Gasteiger partial charge in [0.15, 0.2) is 0 Å². The van der Waals surface area contributed by atoms with Gasteiger partial charge in [0.05, 0.1) is 0 Å². The molecule has 1 aromatic rings. The average molecular weight is 167 g/mol. The summed E-state index contributed by atoms with van der Waals surface area (Å²) in [7, 11) is 2.19. The molecule has 1 aliphatic rings. The smallest absolute Gasteiger partial charge is 0.0327 e. The standard InChI is InChI=1S/C9H13NS/c1-7-6-11-9-5-10(2)4-3-8(7)9/h6H,3-5H2,1-2H3. The number of thiophene rings is 1. The highest BCUT2D eigenvalue weighted by atomic mass is 32.1. The van der Waals surface area contributed by atoms with E-state index in [1.807, 2.05) is 11.3 Å². The molecule has 0 aromatic carbocycles. The van der Waals surface area contributed by atoms with Crippen molar-refractivity contribution < 1.29 is 0 Å². The van der Waals surface area contributed by atoms with E-state index in [2.05, 4.69) is 24.3 Å². The predicted molar refractivity (Wildman–Crippen MR) is 49.1 cm³/mol. The number of hydrogen-bond donors (Lipinski definition) is 0. The highest BCUT2D eigenvalue weighted by Crippen LogP contribution is 2.26. The summed E-state index contributed by atoms with van der Waals surface area (Å²) in [5.41, 5.74) is 3.12. The van der Waals surface area contributed by atoms with Crippen LogP contribution in [0.25, 0.3) is 0 Å². The Balaban J connectivity index is 2.36. The molecule has 0 atom stereocenters. The third kappa shape index (κ3) is 1.21. The van der Waals surface area contributed by atoms with E-state index in [4.69, 9.17) is 0 Å². The monoisotopic (exact) mass is 167 g/mol. The number of fused-ring (bicyclic) bond motifs is 1. The molecule has 1 nitrogen and oxygen atoms in total. The van der Waals surface area contributed by atoms with Gasteiger partial charge in [-0.3, -0.25) is 0 Å². The number of likely N-dealkylation sites (N-methyl/N-ethyl adjacent to an activating group) is 1. The van der Waals surface area contributed by atoms with Gasteiger partial charge in [0, 0.05) is 18.0 Å². The van der Waals surface area contributed by atoms with Crippen LogP contribution in [0.1, 0.15) is 16.0 Å². The van der Waals surface area contributed by atoms with E-state index in [1.165, 1.54) is 18.5 Å². The minimum Gasteiger partial charge on any atom is -0.301 e. The van der Waals surface area contributed by atoms with Crippen LogP contribution in [0.2, 0.25) is 0 Å². The first-order valence-electron chi connectivity index (χ1n) is 4.02. The van der Waals surface area contributed by atoms with Crippen LogP contribution in [0, 0.1) is 6.92 Å². The van der Waals surface area contributed by atoms with E-state index in [0.29, 0.717) is 0 Å². The van der Waals surface area contributed by atoms with Crippen LogP contribution in [0.15, 0.2) is 5.38 Å². The second-order valence-electron chi connectivity index (χ2n) is 3.31. The van der Waals surface area contributed by atoms with Crippen molar-refractivity contribution in [3.63, 3.8) is 0 Å². The largest absolute Gasteiger partial charge is 0.301 e. The highest BCUT2D eigenvalue weighted by molar-refractivity contribution is 7.10. The maximum atomic E-state index is 2.39. The molecular formula is C9H13NS. The van der Waals surface area contributed by atoms with Gasteiger partial charge in [-0.2, -0.15) is 0 Å². The zero-order valence-corrected chi connectivity index (χ0v) is 7.87. The van der Waals surface area contributed by atoms with E-state index in [9.17, 15) is 0 Å². The number of nitrogens with zero attached hydrogens (tertiary/aromatic N) is 1. The van der Waals surface area contributed by atoms with Crippen LogP contribution in [0.4, 0.5) is 0 Å².